The van der Waals surface area contributed by atoms with Gasteiger partial charge in [-0.3, -0.25) is 9.78 Å². The van der Waals surface area contributed by atoms with Crippen LogP contribution in [0.1, 0.15) is 45.9 Å². The summed E-state index contributed by atoms with van der Waals surface area (Å²) in [6, 6.07) is 9.39. The molecule has 29 heavy (non-hydrogen) atoms. The van der Waals surface area contributed by atoms with Gasteiger partial charge >= 0.3 is 6.18 Å². The van der Waals surface area contributed by atoms with Crippen molar-refractivity contribution in [3.05, 3.63) is 65.0 Å². The third-order valence-corrected chi connectivity index (χ3v) is 5.67. The Hall–Kier alpha value is -2.45. The summed E-state index contributed by atoms with van der Waals surface area (Å²) in [5.41, 5.74) is 0.186. The molecule has 2 aromatic rings. The van der Waals surface area contributed by atoms with Gasteiger partial charge in [0.25, 0.3) is 5.91 Å². The van der Waals surface area contributed by atoms with Crippen LogP contribution in [0.25, 0.3) is 0 Å². The van der Waals surface area contributed by atoms with E-state index in [1.165, 1.54) is 6.07 Å². The number of likely N-dealkylation sites (tertiary alicyclic amines) is 1. The molecule has 0 bridgehead atoms. The highest BCUT2D eigenvalue weighted by atomic mass is 19.4. The molecule has 2 fully saturated rings. The van der Waals surface area contributed by atoms with Gasteiger partial charge in [0.2, 0.25) is 0 Å². The summed E-state index contributed by atoms with van der Waals surface area (Å²) in [6.45, 7) is 1.55. The van der Waals surface area contributed by atoms with E-state index in [4.69, 9.17) is 4.74 Å². The molecule has 2 aliphatic heterocycles. The molecule has 154 valence electrons. The molecule has 0 saturated carbocycles. The lowest BCUT2D eigenvalue weighted by Gasteiger charge is -2.37. The lowest BCUT2D eigenvalue weighted by atomic mass is 9.90. The van der Waals surface area contributed by atoms with Crippen molar-refractivity contribution in [3.63, 3.8) is 0 Å². The van der Waals surface area contributed by atoms with E-state index in [0.29, 0.717) is 37.2 Å². The predicted molar refractivity (Wildman–Crippen MR) is 98.3 cm³/mol. The third kappa shape index (κ3) is 4.00. The monoisotopic (exact) mass is 406 g/mol. The first kappa shape index (κ1) is 19.8. The third-order valence-electron chi connectivity index (χ3n) is 5.67. The Bertz CT molecular complexity index is 870. The van der Waals surface area contributed by atoms with E-state index in [2.05, 4.69) is 4.98 Å². The molecule has 0 aliphatic carbocycles. The predicted octanol–water partition coefficient (Wildman–Crippen LogP) is 3.34. The maximum atomic E-state index is 12.7. The molecule has 2 saturated heterocycles. The van der Waals surface area contributed by atoms with Crippen LogP contribution in [0.3, 0.4) is 0 Å². The highest BCUT2D eigenvalue weighted by Gasteiger charge is 2.38. The molecular weight excluding hydrogens is 385 g/mol. The van der Waals surface area contributed by atoms with Crippen LogP contribution in [0.2, 0.25) is 0 Å². The zero-order chi connectivity index (χ0) is 20.6. The number of carbonyl (C=O) groups is 1. The van der Waals surface area contributed by atoms with Crippen LogP contribution < -0.4 is 0 Å². The van der Waals surface area contributed by atoms with Gasteiger partial charge in [-0.15, -0.1) is 0 Å². The van der Waals surface area contributed by atoms with E-state index in [1.807, 2.05) is 0 Å². The fraction of sp³-hybridized carbons (Fsp3) is 0.429. The van der Waals surface area contributed by atoms with Gasteiger partial charge in [-0.2, -0.15) is 13.2 Å². The van der Waals surface area contributed by atoms with Crippen molar-refractivity contribution >= 4 is 5.91 Å². The van der Waals surface area contributed by atoms with Crippen LogP contribution >= 0.6 is 0 Å². The number of amides is 1. The maximum Gasteiger partial charge on any atom is 0.417 e. The number of rotatable bonds is 3. The summed E-state index contributed by atoms with van der Waals surface area (Å²) >= 11 is 0. The number of alkyl halides is 3. The topological polar surface area (TPSA) is 62.7 Å². The van der Waals surface area contributed by atoms with Gasteiger partial charge in [-0.25, -0.2) is 0 Å². The standard InChI is InChI=1S/C21H21F3N2O3/c22-21(23,24)17-5-6-18(25-11-17)14-7-9-26(10-8-14)19(27)15-1-3-16(4-2-15)20(28)12-29-13-20/h1-6,11,14,28H,7-10,12-13H2. The molecule has 1 N–H and O–H groups in total. The van der Waals surface area contributed by atoms with Gasteiger partial charge in [0.1, 0.15) is 5.60 Å². The second-order valence-corrected chi connectivity index (χ2v) is 7.64. The Morgan fingerprint density at radius 3 is 2.24 bits per heavy atom. The molecule has 5 nitrogen and oxygen atoms in total. The normalized spacial score (nSPS) is 19.7. The minimum Gasteiger partial charge on any atom is -0.380 e. The highest BCUT2D eigenvalue weighted by Crippen LogP contribution is 2.32. The quantitative estimate of drug-likeness (QED) is 0.849. The molecule has 0 spiro atoms. The first-order valence-corrected chi connectivity index (χ1v) is 9.49. The number of ether oxygens (including phenoxy) is 1. The van der Waals surface area contributed by atoms with Gasteiger partial charge in [-0.1, -0.05) is 12.1 Å². The van der Waals surface area contributed by atoms with Crippen molar-refractivity contribution in [2.45, 2.75) is 30.5 Å². The van der Waals surface area contributed by atoms with Gasteiger partial charge in [0.15, 0.2) is 0 Å². The van der Waals surface area contributed by atoms with Crippen molar-refractivity contribution in [1.82, 2.24) is 9.88 Å². The molecule has 1 amide bonds. The van der Waals surface area contributed by atoms with E-state index in [0.717, 1.165) is 17.8 Å². The van der Waals surface area contributed by atoms with E-state index in [-0.39, 0.29) is 25.0 Å². The average molecular weight is 406 g/mol. The molecule has 2 aliphatic rings. The van der Waals surface area contributed by atoms with E-state index < -0.39 is 17.3 Å². The number of aromatic nitrogens is 1. The van der Waals surface area contributed by atoms with E-state index in [1.54, 1.807) is 29.2 Å². The van der Waals surface area contributed by atoms with Crippen LogP contribution in [0.5, 0.6) is 0 Å². The number of nitrogens with zero attached hydrogens (tertiary/aromatic N) is 2. The lowest BCUT2D eigenvalue weighted by molar-refractivity contribution is -0.184. The summed E-state index contributed by atoms with van der Waals surface area (Å²) in [6.07, 6.45) is -2.22. The Morgan fingerprint density at radius 2 is 1.76 bits per heavy atom. The molecule has 0 atom stereocenters. The average Bonchev–Trinajstić information content (AvgIpc) is 2.71. The first-order valence-electron chi connectivity index (χ1n) is 9.49. The first-order chi connectivity index (χ1) is 13.8. The summed E-state index contributed by atoms with van der Waals surface area (Å²) in [4.78, 5) is 18.5. The molecular formula is C21H21F3N2O3. The van der Waals surface area contributed by atoms with Crippen LogP contribution in [-0.2, 0) is 16.5 Å². The largest absolute Gasteiger partial charge is 0.417 e. The fourth-order valence-electron chi connectivity index (χ4n) is 3.76. The molecule has 4 rings (SSSR count). The van der Waals surface area contributed by atoms with Gasteiger partial charge in [-0.05, 0) is 42.7 Å². The number of hydrogen-bond donors (Lipinski definition) is 1. The Morgan fingerprint density at radius 1 is 1.10 bits per heavy atom. The summed E-state index contributed by atoms with van der Waals surface area (Å²) < 4.78 is 43.1. The Balaban J connectivity index is 1.36. The second kappa shape index (κ2) is 7.42. The summed E-state index contributed by atoms with van der Waals surface area (Å²) in [7, 11) is 0. The minimum atomic E-state index is -4.39. The number of halogens is 3. The van der Waals surface area contributed by atoms with Crippen LogP contribution in [-0.4, -0.2) is 47.2 Å². The van der Waals surface area contributed by atoms with Gasteiger partial charge in [0, 0.05) is 36.5 Å². The number of carbonyl (C=O) groups excluding carboxylic acids is 1. The number of pyridine rings is 1. The molecule has 0 radical (unpaired) electrons. The summed E-state index contributed by atoms with van der Waals surface area (Å²) in [5.74, 6) is -0.0520. The molecule has 1 aromatic heterocycles. The Labute approximate surface area is 166 Å². The smallest absolute Gasteiger partial charge is 0.380 e. The maximum absolute atomic E-state index is 12.7. The van der Waals surface area contributed by atoms with Crippen molar-refractivity contribution in [2.24, 2.45) is 0 Å². The fourth-order valence-corrected chi connectivity index (χ4v) is 3.76. The SMILES string of the molecule is O=C(c1ccc(C2(O)COC2)cc1)N1CCC(c2ccc(C(F)(F)F)cn2)CC1. The zero-order valence-corrected chi connectivity index (χ0v) is 15.7. The van der Waals surface area contributed by atoms with Crippen LogP contribution in [0, 0.1) is 0 Å². The lowest BCUT2D eigenvalue weighted by Crippen LogP contribution is -2.46. The van der Waals surface area contributed by atoms with Crippen molar-refractivity contribution in [1.29, 1.82) is 0 Å². The number of piperidine rings is 1. The van der Waals surface area contributed by atoms with Gasteiger partial charge < -0.3 is 14.7 Å². The number of aliphatic hydroxyl groups is 1. The van der Waals surface area contributed by atoms with Crippen molar-refractivity contribution in [2.75, 3.05) is 26.3 Å². The van der Waals surface area contributed by atoms with Crippen molar-refractivity contribution < 1.29 is 27.8 Å². The van der Waals surface area contributed by atoms with Crippen LogP contribution in [0.4, 0.5) is 13.2 Å². The zero-order valence-electron chi connectivity index (χ0n) is 15.7. The van der Waals surface area contributed by atoms with E-state index >= 15 is 0 Å². The minimum absolute atomic E-state index is 0.0385. The molecule has 8 heteroatoms. The Kier molecular flexibility index (Phi) is 5.08. The second-order valence-electron chi connectivity index (χ2n) is 7.64. The number of hydrogen-bond acceptors (Lipinski definition) is 4. The van der Waals surface area contributed by atoms with Crippen LogP contribution in [0.15, 0.2) is 42.6 Å². The van der Waals surface area contributed by atoms with E-state index in [9.17, 15) is 23.1 Å². The molecule has 3 heterocycles. The summed E-state index contributed by atoms with van der Waals surface area (Å²) in [5, 5.41) is 10.3. The van der Waals surface area contributed by atoms with Crippen molar-refractivity contribution in [3.8, 4) is 0 Å². The van der Waals surface area contributed by atoms with Gasteiger partial charge in [0.05, 0.1) is 18.8 Å². The molecule has 0 unspecified atom stereocenters. The molecule has 1 aromatic carbocycles. The number of benzene rings is 1. The highest BCUT2D eigenvalue weighted by molar-refractivity contribution is 5.94.